The molecule has 1 unspecified atom stereocenters. The molecule has 3 aromatic heterocycles. The van der Waals surface area contributed by atoms with E-state index in [9.17, 15) is 18.0 Å². The maximum atomic E-state index is 13.1. The number of carbonyl (C=O) groups is 1. The molecule has 1 aliphatic rings. The second-order valence-electron chi connectivity index (χ2n) is 10.1. The van der Waals surface area contributed by atoms with Gasteiger partial charge in [-0.15, -0.1) is 0 Å². The Labute approximate surface area is 238 Å². The standard InChI is InChI=1S/C29H27F3N8O2/c1-39-15-21(29(30,31)32)36-27(39)18-10-8-17(9-11-18)14-34-26-23-28(40(16-35-23)22-7-2-3-12-42-22)38-25(37-26)20-6-4-5-19(13-20)24(33)41/h4-6,8-11,13,15-16,22H,2-3,7,12,14H2,1H3,(H2,33,41)(H,34,37,38). The van der Waals surface area contributed by atoms with Crippen LogP contribution in [0.15, 0.2) is 61.1 Å². The van der Waals surface area contributed by atoms with Gasteiger partial charge in [-0.2, -0.15) is 13.2 Å². The number of nitrogens with one attached hydrogen (secondary N) is 1. The molecule has 1 amide bonds. The van der Waals surface area contributed by atoms with Crippen LogP contribution in [0.25, 0.3) is 33.9 Å². The molecule has 5 aromatic rings. The molecular weight excluding hydrogens is 549 g/mol. The number of rotatable bonds is 7. The molecule has 1 aliphatic heterocycles. The van der Waals surface area contributed by atoms with Crippen molar-refractivity contribution in [1.29, 1.82) is 0 Å². The van der Waals surface area contributed by atoms with Gasteiger partial charge in [-0.25, -0.2) is 19.9 Å². The monoisotopic (exact) mass is 576 g/mol. The van der Waals surface area contributed by atoms with E-state index in [1.54, 1.807) is 42.7 Å². The average Bonchev–Trinajstić information content (AvgIpc) is 3.60. The van der Waals surface area contributed by atoms with Gasteiger partial charge in [0.25, 0.3) is 0 Å². The number of imidazole rings is 2. The van der Waals surface area contributed by atoms with E-state index in [-0.39, 0.29) is 12.1 Å². The summed E-state index contributed by atoms with van der Waals surface area (Å²) in [5, 5.41) is 3.33. The van der Waals surface area contributed by atoms with Gasteiger partial charge < -0.3 is 20.4 Å². The Hall–Kier alpha value is -4.78. The SMILES string of the molecule is Cn1cc(C(F)(F)F)nc1-c1ccc(CNc2nc(-c3cccc(C(N)=O)c3)nc3c2ncn3C2CCCCO2)cc1. The van der Waals surface area contributed by atoms with Crippen LogP contribution in [-0.2, 0) is 24.5 Å². The number of fused-ring (bicyclic) bond motifs is 1. The zero-order chi connectivity index (χ0) is 29.4. The maximum Gasteiger partial charge on any atom is 0.434 e. The lowest BCUT2D eigenvalue weighted by Crippen LogP contribution is -2.18. The van der Waals surface area contributed by atoms with E-state index in [4.69, 9.17) is 20.4 Å². The summed E-state index contributed by atoms with van der Waals surface area (Å²) in [6, 6.07) is 13.9. The van der Waals surface area contributed by atoms with Crippen LogP contribution in [0.3, 0.4) is 0 Å². The van der Waals surface area contributed by atoms with Crippen molar-refractivity contribution in [2.24, 2.45) is 12.8 Å². The minimum atomic E-state index is -4.52. The van der Waals surface area contributed by atoms with Crippen LogP contribution >= 0.6 is 0 Å². The average molecular weight is 577 g/mol. The Balaban J connectivity index is 1.31. The van der Waals surface area contributed by atoms with Crippen LogP contribution in [0.1, 0.15) is 47.1 Å². The molecule has 3 N–H and O–H groups in total. The Morgan fingerprint density at radius 1 is 1.10 bits per heavy atom. The molecule has 4 heterocycles. The number of carbonyl (C=O) groups excluding carboxylic acids is 1. The number of hydrogen-bond donors (Lipinski definition) is 2. The summed E-state index contributed by atoms with van der Waals surface area (Å²) >= 11 is 0. The second kappa shape index (κ2) is 10.9. The number of nitrogens with zero attached hydrogens (tertiary/aromatic N) is 6. The number of benzene rings is 2. The first-order chi connectivity index (χ1) is 20.2. The number of hydrogen-bond acceptors (Lipinski definition) is 7. The quantitative estimate of drug-likeness (QED) is 0.269. The maximum absolute atomic E-state index is 13.1. The number of ether oxygens (including phenoxy) is 1. The first kappa shape index (κ1) is 27.4. The van der Waals surface area contributed by atoms with Gasteiger partial charge in [0.1, 0.15) is 12.1 Å². The highest BCUT2D eigenvalue weighted by atomic mass is 19.4. The van der Waals surface area contributed by atoms with Crippen LogP contribution < -0.4 is 11.1 Å². The minimum Gasteiger partial charge on any atom is -0.366 e. The molecule has 1 saturated heterocycles. The van der Waals surface area contributed by atoms with Crippen molar-refractivity contribution in [1.82, 2.24) is 29.1 Å². The second-order valence-corrected chi connectivity index (χ2v) is 10.1. The molecule has 42 heavy (non-hydrogen) atoms. The number of nitrogens with two attached hydrogens (primary N) is 1. The zero-order valence-corrected chi connectivity index (χ0v) is 22.6. The molecule has 1 fully saturated rings. The van der Waals surface area contributed by atoms with Crippen LogP contribution in [0, 0.1) is 0 Å². The number of halogens is 3. The Morgan fingerprint density at radius 2 is 1.90 bits per heavy atom. The predicted molar refractivity (Wildman–Crippen MR) is 149 cm³/mol. The Morgan fingerprint density at radius 3 is 2.60 bits per heavy atom. The third-order valence-electron chi connectivity index (χ3n) is 7.13. The number of anilines is 1. The summed E-state index contributed by atoms with van der Waals surface area (Å²) in [4.78, 5) is 29.7. The molecule has 216 valence electrons. The smallest absolute Gasteiger partial charge is 0.366 e. The number of alkyl halides is 3. The highest BCUT2D eigenvalue weighted by Crippen LogP contribution is 2.32. The van der Waals surface area contributed by atoms with E-state index in [2.05, 4.69) is 15.3 Å². The third kappa shape index (κ3) is 5.42. The van der Waals surface area contributed by atoms with Crippen molar-refractivity contribution in [3.05, 3.63) is 77.9 Å². The topological polar surface area (TPSA) is 126 Å². The van der Waals surface area contributed by atoms with Crippen molar-refractivity contribution >= 4 is 22.9 Å². The van der Waals surface area contributed by atoms with Gasteiger partial charge in [0, 0.05) is 43.1 Å². The van der Waals surface area contributed by atoms with E-state index in [1.165, 1.54) is 11.6 Å². The van der Waals surface area contributed by atoms with Crippen molar-refractivity contribution < 1.29 is 22.7 Å². The molecule has 0 spiro atoms. The Bertz CT molecular complexity index is 1760. The minimum absolute atomic E-state index is 0.201. The molecule has 1 atom stereocenters. The lowest BCUT2D eigenvalue weighted by Gasteiger charge is -2.24. The molecule has 10 nitrogen and oxygen atoms in total. The molecule has 0 radical (unpaired) electrons. The van der Waals surface area contributed by atoms with Gasteiger partial charge in [0.15, 0.2) is 28.5 Å². The number of aromatic nitrogens is 6. The fourth-order valence-corrected chi connectivity index (χ4v) is 4.96. The molecule has 0 saturated carbocycles. The summed E-state index contributed by atoms with van der Waals surface area (Å²) in [6.07, 6.45) is 0.808. The fourth-order valence-electron chi connectivity index (χ4n) is 4.96. The van der Waals surface area contributed by atoms with Crippen LogP contribution in [0.2, 0.25) is 0 Å². The lowest BCUT2D eigenvalue weighted by molar-refractivity contribution is -0.140. The van der Waals surface area contributed by atoms with Crippen molar-refractivity contribution in [3.63, 3.8) is 0 Å². The summed E-state index contributed by atoms with van der Waals surface area (Å²) < 4.78 is 48.6. The predicted octanol–water partition coefficient (Wildman–Crippen LogP) is 5.32. The Kier molecular flexibility index (Phi) is 7.11. The van der Waals surface area contributed by atoms with Crippen LogP contribution in [0.5, 0.6) is 0 Å². The molecular formula is C29H27F3N8O2. The summed E-state index contributed by atoms with van der Waals surface area (Å²) in [5.41, 5.74) is 8.08. The van der Waals surface area contributed by atoms with Crippen molar-refractivity contribution in [3.8, 4) is 22.8 Å². The van der Waals surface area contributed by atoms with E-state index >= 15 is 0 Å². The van der Waals surface area contributed by atoms with Crippen molar-refractivity contribution in [2.45, 2.75) is 38.2 Å². The fraction of sp³-hybridized carbons (Fsp3) is 0.276. The lowest BCUT2D eigenvalue weighted by atomic mass is 10.1. The molecule has 0 aliphatic carbocycles. The largest absolute Gasteiger partial charge is 0.434 e. The number of aryl methyl sites for hydroxylation is 1. The molecule has 2 aromatic carbocycles. The van der Waals surface area contributed by atoms with Crippen LogP contribution in [-0.4, -0.2) is 41.6 Å². The van der Waals surface area contributed by atoms with Crippen molar-refractivity contribution in [2.75, 3.05) is 11.9 Å². The van der Waals surface area contributed by atoms with E-state index in [0.29, 0.717) is 52.6 Å². The molecule has 6 rings (SSSR count). The normalized spacial score (nSPS) is 15.7. The highest BCUT2D eigenvalue weighted by Gasteiger charge is 2.34. The third-order valence-corrected chi connectivity index (χ3v) is 7.13. The number of amides is 1. The molecule has 13 heteroatoms. The van der Waals surface area contributed by atoms with Gasteiger partial charge in [-0.1, -0.05) is 36.4 Å². The van der Waals surface area contributed by atoms with Gasteiger partial charge in [-0.3, -0.25) is 9.36 Å². The number of primary amides is 1. The van der Waals surface area contributed by atoms with E-state index < -0.39 is 17.8 Å². The van der Waals surface area contributed by atoms with Gasteiger partial charge >= 0.3 is 6.18 Å². The summed E-state index contributed by atoms with van der Waals surface area (Å²) in [7, 11) is 1.53. The van der Waals surface area contributed by atoms with Crippen LogP contribution in [0.4, 0.5) is 19.0 Å². The highest BCUT2D eigenvalue weighted by molar-refractivity contribution is 5.94. The van der Waals surface area contributed by atoms with E-state index in [0.717, 1.165) is 31.0 Å². The summed E-state index contributed by atoms with van der Waals surface area (Å²) in [6.45, 7) is 1.01. The van der Waals surface area contributed by atoms with Gasteiger partial charge in [0.2, 0.25) is 5.91 Å². The summed E-state index contributed by atoms with van der Waals surface area (Å²) in [5.74, 6) is 0.534. The first-order valence-corrected chi connectivity index (χ1v) is 13.4. The van der Waals surface area contributed by atoms with Gasteiger partial charge in [-0.05, 0) is 37.0 Å². The van der Waals surface area contributed by atoms with E-state index in [1.807, 2.05) is 16.7 Å². The first-order valence-electron chi connectivity index (χ1n) is 13.4. The zero-order valence-electron chi connectivity index (χ0n) is 22.6. The van der Waals surface area contributed by atoms with Gasteiger partial charge in [0.05, 0.1) is 6.33 Å². The molecule has 0 bridgehead atoms.